The number of hydrogen-bond acceptors (Lipinski definition) is 8. The van der Waals surface area contributed by atoms with E-state index in [1.54, 1.807) is 0 Å². The maximum Gasteiger partial charge on any atom is 0.233 e. The Hall–Kier alpha value is -2.46. The summed E-state index contributed by atoms with van der Waals surface area (Å²) in [6, 6.07) is 7.94. The van der Waals surface area contributed by atoms with Crippen LogP contribution in [0.5, 0.6) is 0 Å². The van der Waals surface area contributed by atoms with Crippen LogP contribution in [-0.2, 0) is 22.7 Å². The van der Waals surface area contributed by atoms with Crippen molar-refractivity contribution in [2.75, 3.05) is 37.7 Å². The highest BCUT2D eigenvalue weighted by Crippen LogP contribution is 2.39. The molecule has 1 saturated heterocycles. The SMILES string of the molecule is Nc1nc(SCC(=O)N2CCNCC2)nc(-c2c(Cl)cc3c4c(cccc24)COC3)n1. The first kappa shape index (κ1) is 20.4. The number of halogens is 1. The fourth-order valence-corrected chi connectivity index (χ4v) is 5.09. The minimum absolute atomic E-state index is 0.0617. The van der Waals surface area contributed by atoms with Crippen LogP contribution in [0.3, 0.4) is 0 Å². The number of piperazine rings is 1. The smallest absolute Gasteiger partial charge is 0.233 e. The van der Waals surface area contributed by atoms with E-state index in [2.05, 4.69) is 20.3 Å². The summed E-state index contributed by atoms with van der Waals surface area (Å²) in [5.41, 5.74) is 8.86. The van der Waals surface area contributed by atoms with E-state index in [-0.39, 0.29) is 17.6 Å². The fraction of sp³-hybridized carbons (Fsp3) is 0.333. The van der Waals surface area contributed by atoms with Gasteiger partial charge in [-0.2, -0.15) is 9.97 Å². The molecule has 8 nitrogen and oxygen atoms in total. The summed E-state index contributed by atoms with van der Waals surface area (Å²) in [6.07, 6.45) is 0. The lowest BCUT2D eigenvalue weighted by atomic mass is 9.94. The number of nitrogens with two attached hydrogens (primary N) is 1. The summed E-state index contributed by atoms with van der Waals surface area (Å²) in [6.45, 7) is 4.12. The van der Waals surface area contributed by atoms with E-state index >= 15 is 0 Å². The number of rotatable bonds is 4. The zero-order chi connectivity index (χ0) is 21.4. The zero-order valence-corrected chi connectivity index (χ0v) is 18.3. The molecule has 2 aliphatic rings. The third-order valence-corrected chi connectivity index (χ3v) is 6.58. The van der Waals surface area contributed by atoms with Gasteiger partial charge in [0.15, 0.2) is 11.0 Å². The highest BCUT2D eigenvalue weighted by Gasteiger charge is 2.22. The first-order valence-corrected chi connectivity index (χ1v) is 11.4. The van der Waals surface area contributed by atoms with Gasteiger partial charge in [-0.25, -0.2) is 4.98 Å². The standard InChI is InChI=1S/C21H21ClN6O2S/c22-15-8-13-10-30-9-12-2-1-3-14(17(12)13)18(15)19-25-20(23)27-21(26-19)31-11-16(29)28-6-4-24-5-7-28/h1-3,8,24H,4-7,9-11H2,(H2,23,25,26,27). The molecule has 3 heterocycles. The van der Waals surface area contributed by atoms with Crippen LogP contribution in [0.15, 0.2) is 29.4 Å². The number of aromatic nitrogens is 3. The van der Waals surface area contributed by atoms with Gasteiger partial charge >= 0.3 is 0 Å². The molecule has 2 aromatic carbocycles. The molecule has 31 heavy (non-hydrogen) atoms. The lowest BCUT2D eigenvalue weighted by Gasteiger charge is -2.27. The van der Waals surface area contributed by atoms with Crippen LogP contribution in [0, 0.1) is 0 Å². The molecule has 5 rings (SSSR count). The first-order valence-electron chi connectivity index (χ1n) is 10.0. The van der Waals surface area contributed by atoms with Gasteiger partial charge in [0.2, 0.25) is 11.9 Å². The van der Waals surface area contributed by atoms with Crippen LogP contribution >= 0.6 is 23.4 Å². The Bertz CT molecular complexity index is 1170. The molecule has 3 N–H and O–H groups in total. The third kappa shape index (κ3) is 4.06. The first-order chi connectivity index (χ1) is 15.1. The number of hydrogen-bond donors (Lipinski definition) is 2. The van der Waals surface area contributed by atoms with Crippen LogP contribution in [0.4, 0.5) is 5.95 Å². The number of nitrogens with zero attached hydrogens (tertiary/aromatic N) is 4. The lowest BCUT2D eigenvalue weighted by molar-refractivity contribution is -0.128. The molecule has 1 amide bonds. The molecule has 0 atom stereocenters. The van der Waals surface area contributed by atoms with Crippen molar-refractivity contribution in [3.63, 3.8) is 0 Å². The second kappa shape index (κ2) is 8.58. The van der Waals surface area contributed by atoms with Gasteiger partial charge in [-0.15, -0.1) is 0 Å². The van der Waals surface area contributed by atoms with E-state index in [1.165, 1.54) is 11.8 Å². The average molecular weight is 457 g/mol. The van der Waals surface area contributed by atoms with Crippen molar-refractivity contribution in [3.05, 3.63) is 40.4 Å². The summed E-state index contributed by atoms with van der Waals surface area (Å²) in [4.78, 5) is 27.5. The monoisotopic (exact) mass is 456 g/mol. The second-order valence-corrected chi connectivity index (χ2v) is 8.79. The molecular formula is C21H21ClN6O2S. The van der Waals surface area contributed by atoms with Crippen molar-refractivity contribution >= 4 is 46.0 Å². The number of ether oxygens (including phenoxy) is 1. The van der Waals surface area contributed by atoms with Gasteiger partial charge in [0.1, 0.15) is 0 Å². The van der Waals surface area contributed by atoms with Crippen molar-refractivity contribution in [1.29, 1.82) is 0 Å². The van der Waals surface area contributed by atoms with Crippen LogP contribution in [0.1, 0.15) is 11.1 Å². The molecule has 0 radical (unpaired) electrons. The Morgan fingerprint density at radius 3 is 2.84 bits per heavy atom. The summed E-state index contributed by atoms with van der Waals surface area (Å²) in [5, 5.41) is 6.26. The van der Waals surface area contributed by atoms with Crippen LogP contribution in [0.25, 0.3) is 22.2 Å². The average Bonchev–Trinajstić information content (AvgIpc) is 2.78. The Morgan fingerprint density at radius 2 is 2.00 bits per heavy atom. The van der Waals surface area contributed by atoms with Gasteiger partial charge in [-0.1, -0.05) is 41.6 Å². The maximum atomic E-state index is 12.5. The molecule has 0 unspecified atom stereocenters. The number of carbonyl (C=O) groups excluding carboxylic acids is 1. The number of nitrogen functional groups attached to an aromatic ring is 1. The molecule has 0 aliphatic carbocycles. The molecule has 10 heteroatoms. The zero-order valence-electron chi connectivity index (χ0n) is 16.7. The third-order valence-electron chi connectivity index (χ3n) is 5.45. The summed E-state index contributed by atoms with van der Waals surface area (Å²) < 4.78 is 5.67. The van der Waals surface area contributed by atoms with E-state index in [1.807, 2.05) is 29.2 Å². The van der Waals surface area contributed by atoms with Crippen LogP contribution < -0.4 is 11.1 Å². The number of thioether (sulfide) groups is 1. The van der Waals surface area contributed by atoms with E-state index in [0.717, 1.165) is 35.0 Å². The van der Waals surface area contributed by atoms with Gasteiger partial charge in [0.25, 0.3) is 0 Å². The largest absolute Gasteiger partial charge is 0.372 e. The summed E-state index contributed by atoms with van der Waals surface area (Å²) >= 11 is 7.92. The van der Waals surface area contributed by atoms with Gasteiger partial charge in [0, 0.05) is 31.7 Å². The van der Waals surface area contributed by atoms with E-state index < -0.39 is 0 Å². The van der Waals surface area contributed by atoms with Crippen molar-refractivity contribution in [3.8, 4) is 11.4 Å². The Morgan fingerprint density at radius 1 is 1.19 bits per heavy atom. The number of anilines is 1. The van der Waals surface area contributed by atoms with Crippen molar-refractivity contribution in [2.24, 2.45) is 0 Å². The molecule has 160 valence electrons. The summed E-state index contributed by atoms with van der Waals surface area (Å²) in [5.74, 6) is 0.816. The molecule has 0 saturated carbocycles. The number of benzene rings is 2. The predicted molar refractivity (Wildman–Crippen MR) is 121 cm³/mol. The Balaban J connectivity index is 1.48. The van der Waals surface area contributed by atoms with Crippen LogP contribution in [-0.4, -0.2) is 57.7 Å². The second-order valence-electron chi connectivity index (χ2n) is 7.44. The molecule has 0 bridgehead atoms. The number of carbonyl (C=O) groups is 1. The maximum absolute atomic E-state index is 12.5. The highest BCUT2D eigenvalue weighted by atomic mass is 35.5. The van der Waals surface area contributed by atoms with E-state index in [4.69, 9.17) is 22.1 Å². The van der Waals surface area contributed by atoms with Gasteiger partial charge < -0.3 is 20.7 Å². The quantitative estimate of drug-likeness (QED) is 0.577. The van der Waals surface area contributed by atoms with E-state index in [9.17, 15) is 4.79 Å². The van der Waals surface area contributed by atoms with Crippen LogP contribution in [0.2, 0.25) is 5.02 Å². The number of nitrogens with one attached hydrogen (secondary N) is 1. The topological polar surface area (TPSA) is 106 Å². The molecule has 2 aliphatic heterocycles. The highest BCUT2D eigenvalue weighted by molar-refractivity contribution is 7.99. The normalized spacial score (nSPS) is 16.0. The van der Waals surface area contributed by atoms with Gasteiger partial charge in [0.05, 0.1) is 24.0 Å². The predicted octanol–water partition coefficient (Wildman–Crippen LogP) is 2.48. The molecule has 1 fully saturated rings. The number of amides is 1. The Labute approximate surface area is 188 Å². The van der Waals surface area contributed by atoms with E-state index in [0.29, 0.717) is 47.9 Å². The molecule has 3 aromatic rings. The molecule has 0 spiro atoms. The van der Waals surface area contributed by atoms with Crippen molar-refractivity contribution < 1.29 is 9.53 Å². The minimum atomic E-state index is 0.0617. The van der Waals surface area contributed by atoms with Crippen molar-refractivity contribution in [2.45, 2.75) is 18.4 Å². The van der Waals surface area contributed by atoms with Crippen molar-refractivity contribution in [1.82, 2.24) is 25.2 Å². The minimum Gasteiger partial charge on any atom is -0.372 e. The Kier molecular flexibility index (Phi) is 5.66. The van der Waals surface area contributed by atoms with Gasteiger partial charge in [-0.05, 0) is 28.0 Å². The summed E-state index contributed by atoms with van der Waals surface area (Å²) in [7, 11) is 0. The van der Waals surface area contributed by atoms with Gasteiger partial charge in [-0.3, -0.25) is 4.79 Å². The lowest BCUT2D eigenvalue weighted by Crippen LogP contribution is -2.47. The molecule has 1 aromatic heterocycles. The fourth-order valence-electron chi connectivity index (χ4n) is 4.03. The molecular weight excluding hydrogens is 436 g/mol.